The molecule has 1 aromatic heterocycles. The quantitative estimate of drug-likeness (QED) is 0.569. The van der Waals surface area contributed by atoms with E-state index in [1.807, 2.05) is 30.3 Å². The van der Waals surface area contributed by atoms with Gasteiger partial charge in [0.2, 0.25) is 0 Å². The second kappa shape index (κ2) is 7.13. The summed E-state index contributed by atoms with van der Waals surface area (Å²) in [7, 11) is 0. The van der Waals surface area contributed by atoms with Gasteiger partial charge in [-0.25, -0.2) is 4.98 Å². The second-order valence-electron chi connectivity index (χ2n) is 6.55. The zero-order valence-corrected chi connectivity index (χ0v) is 14.6. The zero-order chi connectivity index (χ0) is 18.8. The van der Waals surface area contributed by atoms with Gasteiger partial charge in [0.1, 0.15) is 5.82 Å². The van der Waals surface area contributed by atoms with Crippen LogP contribution in [0.2, 0.25) is 0 Å². The first kappa shape index (κ1) is 17.1. The molecule has 0 atom stereocenters. The molecule has 0 fully saturated rings. The molecule has 2 aromatic carbocycles. The van der Waals surface area contributed by atoms with E-state index in [4.69, 9.17) is 0 Å². The SMILES string of the molecule is O=c1[nH]c(-c2ccccc2)nc2c1CCN(Cc1ccccc1[N+](=O)[O-])C2. The van der Waals surface area contributed by atoms with Crippen molar-refractivity contribution in [2.45, 2.75) is 19.5 Å². The third-order valence-electron chi connectivity index (χ3n) is 4.78. The molecule has 4 rings (SSSR count). The number of rotatable bonds is 4. The molecule has 0 aliphatic carbocycles. The molecule has 0 amide bonds. The number of H-pyrrole nitrogens is 1. The Hall–Kier alpha value is -3.32. The second-order valence-corrected chi connectivity index (χ2v) is 6.55. The molecular weight excluding hydrogens is 344 g/mol. The van der Waals surface area contributed by atoms with Crippen molar-refractivity contribution in [3.63, 3.8) is 0 Å². The first-order chi connectivity index (χ1) is 13.1. The van der Waals surface area contributed by atoms with E-state index in [2.05, 4.69) is 14.9 Å². The van der Waals surface area contributed by atoms with E-state index in [0.717, 1.165) is 11.3 Å². The number of fused-ring (bicyclic) bond motifs is 1. The molecule has 1 aliphatic heterocycles. The minimum atomic E-state index is -0.357. The van der Waals surface area contributed by atoms with Crippen molar-refractivity contribution in [1.82, 2.24) is 14.9 Å². The van der Waals surface area contributed by atoms with Crippen molar-refractivity contribution < 1.29 is 4.92 Å². The Bertz CT molecular complexity index is 1050. The van der Waals surface area contributed by atoms with Crippen molar-refractivity contribution in [3.8, 4) is 11.4 Å². The van der Waals surface area contributed by atoms with Crippen LogP contribution in [0.15, 0.2) is 59.4 Å². The number of benzene rings is 2. The van der Waals surface area contributed by atoms with Crippen molar-refractivity contribution in [3.05, 3.63) is 91.9 Å². The molecule has 0 saturated carbocycles. The first-order valence-electron chi connectivity index (χ1n) is 8.74. The highest BCUT2D eigenvalue weighted by Crippen LogP contribution is 2.23. The van der Waals surface area contributed by atoms with Crippen LogP contribution in [-0.4, -0.2) is 26.3 Å². The van der Waals surface area contributed by atoms with Gasteiger partial charge in [-0.1, -0.05) is 48.5 Å². The minimum absolute atomic E-state index is 0.107. The van der Waals surface area contributed by atoms with Gasteiger partial charge in [0, 0.05) is 42.4 Å². The van der Waals surface area contributed by atoms with Crippen LogP contribution >= 0.6 is 0 Å². The van der Waals surface area contributed by atoms with Crippen molar-refractivity contribution in [2.75, 3.05) is 6.54 Å². The highest BCUT2D eigenvalue weighted by atomic mass is 16.6. The number of nitro benzene ring substituents is 1. The van der Waals surface area contributed by atoms with E-state index in [1.54, 1.807) is 18.2 Å². The van der Waals surface area contributed by atoms with E-state index in [9.17, 15) is 14.9 Å². The summed E-state index contributed by atoms with van der Waals surface area (Å²) < 4.78 is 0. The maximum Gasteiger partial charge on any atom is 0.273 e. The lowest BCUT2D eigenvalue weighted by Crippen LogP contribution is -2.35. The fourth-order valence-corrected chi connectivity index (χ4v) is 3.43. The van der Waals surface area contributed by atoms with Crippen LogP contribution in [0.25, 0.3) is 11.4 Å². The minimum Gasteiger partial charge on any atom is -0.306 e. The molecule has 0 spiro atoms. The highest BCUT2D eigenvalue weighted by molar-refractivity contribution is 5.54. The summed E-state index contributed by atoms with van der Waals surface area (Å²) in [6, 6.07) is 16.3. The highest BCUT2D eigenvalue weighted by Gasteiger charge is 2.23. The van der Waals surface area contributed by atoms with Gasteiger partial charge in [0.05, 0.1) is 10.6 Å². The van der Waals surface area contributed by atoms with Gasteiger partial charge in [-0.05, 0) is 6.42 Å². The number of aromatic nitrogens is 2. The fraction of sp³-hybridized carbons (Fsp3) is 0.200. The number of aromatic amines is 1. The van der Waals surface area contributed by atoms with Crippen LogP contribution in [0.4, 0.5) is 5.69 Å². The number of nitro groups is 1. The Morgan fingerprint density at radius 1 is 1.11 bits per heavy atom. The van der Waals surface area contributed by atoms with Crippen LogP contribution in [0.1, 0.15) is 16.8 Å². The summed E-state index contributed by atoms with van der Waals surface area (Å²) in [6.45, 7) is 1.60. The number of hydrogen-bond donors (Lipinski definition) is 1. The predicted octanol–water partition coefficient (Wildman–Crippen LogP) is 2.90. The summed E-state index contributed by atoms with van der Waals surface area (Å²) in [5, 5.41) is 11.2. The third-order valence-corrected chi connectivity index (χ3v) is 4.78. The zero-order valence-electron chi connectivity index (χ0n) is 14.6. The Labute approximate surface area is 155 Å². The molecule has 27 heavy (non-hydrogen) atoms. The van der Waals surface area contributed by atoms with Crippen molar-refractivity contribution >= 4 is 5.69 Å². The molecule has 0 saturated heterocycles. The molecular formula is C20H18N4O3. The topological polar surface area (TPSA) is 92.1 Å². The molecule has 0 bridgehead atoms. The number of hydrogen-bond acceptors (Lipinski definition) is 5. The summed E-state index contributed by atoms with van der Waals surface area (Å²) in [5.74, 6) is 0.548. The smallest absolute Gasteiger partial charge is 0.273 e. The van der Waals surface area contributed by atoms with E-state index in [0.29, 0.717) is 43.0 Å². The lowest BCUT2D eigenvalue weighted by molar-refractivity contribution is -0.385. The van der Waals surface area contributed by atoms with Gasteiger partial charge >= 0.3 is 0 Å². The molecule has 1 N–H and O–H groups in total. The van der Waals surface area contributed by atoms with Crippen LogP contribution < -0.4 is 5.56 Å². The standard InChI is InChI=1S/C20H18N4O3/c25-20-16-10-11-23(12-15-8-4-5-9-18(15)24(26)27)13-17(16)21-19(22-20)14-6-2-1-3-7-14/h1-9H,10-13H2,(H,21,22,25). The maximum absolute atomic E-state index is 12.5. The van der Waals surface area contributed by atoms with Gasteiger partial charge in [-0.2, -0.15) is 0 Å². The first-order valence-corrected chi connectivity index (χ1v) is 8.74. The lowest BCUT2D eigenvalue weighted by Gasteiger charge is -2.27. The molecule has 1 aliphatic rings. The largest absolute Gasteiger partial charge is 0.306 e. The summed E-state index contributed by atoms with van der Waals surface area (Å²) in [6.07, 6.45) is 0.577. The Morgan fingerprint density at radius 3 is 2.63 bits per heavy atom. The lowest BCUT2D eigenvalue weighted by atomic mass is 10.0. The average Bonchev–Trinajstić information content (AvgIpc) is 2.68. The van der Waals surface area contributed by atoms with Crippen LogP contribution in [-0.2, 0) is 19.5 Å². The summed E-state index contributed by atoms with van der Waals surface area (Å²) >= 11 is 0. The van der Waals surface area contributed by atoms with Gasteiger partial charge in [-0.3, -0.25) is 19.8 Å². The normalized spacial score (nSPS) is 13.9. The van der Waals surface area contributed by atoms with Crippen molar-refractivity contribution in [2.24, 2.45) is 0 Å². The third kappa shape index (κ3) is 3.50. The number of nitrogens with one attached hydrogen (secondary N) is 1. The van der Waals surface area contributed by atoms with Gasteiger partial charge in [-0.15, -0.1) is 0 Å². The Balaban J connectivity index is 1.62. The predicted molar refractivity (Wildman–Crippen MR) is 101 cm³/mol. The van der Waals surface area contributed by atoms with Crippen LogP contribution in [0.3, 0.4) is 0 Å². The Morgan fingerprint density at radius 2 is 1.85 bits per heavy atom. The fourth-order valence-electron chi connectivity index (χ4n) is 3.43. The van der Waals surface area contributed by atoms with Crippen LogP contribution in [0, 0.1) is 10.1 Å². The maximum atomic E-state index is 12.5. The van der Waals surface area contributed by atoms with Crippen molar-refractivity contribution in [1.29, 1.82) is 0 Å². The Kier molecular flexibility index (Phi) is 4.52. The molecule has 0 radical (unpaired) electrons. The van der Waals surface area contributed by atoms with E-state index < -0.39 is 0 Å². The molecule has 7 heteroatoms. The monoisotopic (exact) mass is 362 g/mol. The van der Waals surface area contributed by atoms with E-state index in [-0.39, 0.29) is 16.2 Å². The summed E-state index contributed by atoms with van der Waals surface area (Å²) in [4.78, 5) is 33.0. The van der Waals surface area contributed by atoms with E-state index >= 15 is 0 Å². The molecule has 2 heterocycles. The van der Waals surface area contributed by atoms with E-state index in [1.165, 1.54) is 6.07 Å². The molecule has 7 nitrogen and oxygen atoms in total. The average molecular weight is 362 g/mol. The molecule has 0 unspecified atom stereocenters. The molecule has 3 aromatic rings. The van der Waals surface area contributed by atoms with Gasteiger partial charge in [0.25, 0.3) is 11.2 Å². The van der Waals surface area contributed by atoms with Gasteiger partial charge in [0.15, 0.2) is 0 Å². The summed E-state index contributed by atoms with van der Waals surface area (Å²) in [5.41, 5.74) is 2.97. The van der Waals surface area contributed by atoms with Gasteiger partial charge < -0.3 is 4.98 Å². The van der Waals surface area contributed by atoms with Crippen LogP contribution in [0.5, 0.6) is 0 Å². The molecule has 136 valence electrons. The number of para-hydroxylation sites is 1. The number of nitrogens with zero attached hydrogens (tertiary/aromatic N) is 3.